The van der Waals surface area contributed by atoms with Crippen LogP contribution in [0.5, 0.6) is 0 Å². The van der Waals surface area contributed by atoms with Gasteiger partial charge >= 0.3 is 0 Å². The Balaban J connectivity index is 2.07. The van der Waals surface area contributed by atoms with Crippen LogP contribution in [0.1, 0.15) is 38.2 Å². The molecule has 4 nitrogen and oxygen atoms in total. The van der Waals surface area contributed by atoms with Crippen molar-refractivity contribution < 1.29 is 13.5 Å². The number of aliphatic hydroxyl groups is 1. The van der Waals surface area contributed by atoms with Gasteiger partial charge in [-0.25, -0.2) is 13.1 Å². The van der Waals surface area contributed by atoms with Crippen molar-refractivity contribution >= 4 is 21.6 Å². The molecule has 0 spiro atoms. The number of hydrogen-bond acceptors (Lipinski definition) is 3. The van der Waals surface area contributed by atoms with E-state index >= 15 is 0 Å². The van der Waals surface area contributed by atoms with E-state index in [2.05, 4.69) is 11.6 Å². The molecule has 0 heterocycles. The Hall–Kier alpha value is -0.620. The Kier molecular flexibility index (Phi) is 5.66. The van der Waals surface area contributed by atoms with Crippen LogP contribution >= 0.6 is 11.6 Å². The van der Waals surface area contributed by atoms with Gasteiger partial charge in [-0.15, -0.1) is 0 Å². The highest BCUT2D eigenvalue weighted by molar-refractivity contribution is 7.89. The minimum absolute atomic E-state index is 0.152. The van der Waals surface area contributed by atoms with Crippen molar-refractivity contribution in [3.63, 3.8) is 0 Å². The lowest BCUT2D eigenvalue weighted by molar-refractivity contribution is 0.257. The van der Waals surface area contributed by atoms with E-state index in [9.17, 15) is 13.5 Å². The van der Waals surface area contributed by atoms with Crippen LogP contribution in [0.2, 0.25) is 5.02 Å². The van der Waals surface area contributed by atoms with Crippen LogP contribution in [-0.4, -0.2) is 20.1 Å². The van der Waals surface area contributed by atoms with Crippen LogP contribution in [0, 0.1) is 11.8 Å². The number of sulfonamides is 1. The third-order valence-corrected chi connectivity index (χ3v) is 6.11. The summed E-state index contributed by atoms with van der Waals surface area (Å²) < 4.78 is 27.3. The van der Waals surface area contributed by atoms with E-state index in [-0.39, 0.29) is 11.5 Å². The monoisotopic (exact) mass is 331 g/mol. The Morgan fingerprint density at radius 2 is 2.05 bits per heavy atom. The Bertz CT molecular complexity index is 589. The fourth-order valence-electron chi connectivity index (χ4n) is 2.84. The van der Waals surface area contributed by atoms with Gasteiger partial charge in [0.15, 0.2) is 0 Å². The second kappa shape index (κ2) is 7.09. The maximum Gasteiger partial charge on any atom is 0.240 e. The molecule has 2 unspecified atom stereocenters. The van der Waals surface area contributed by atoms with Crippen molar-refractivity contribution in [1.82, 2.24) is 4.72 Å². The molecule has 1 aromatic rings. The van der Waals surface area contributed by atoms with Crippen molar-refractivity contribution in [1.29, 1.82) is 0 Å². The fourth-order valence-corrected chi connectivity index (χ4v) is 4.16. The molecule has 0 bridgehead atoms. The fraction of sp³-hybridized carbons (Fsp3) is 0.600. The summed E-state index contributed by atoms with van der Waals surface area (Å²) in [5.74, 6) is 0.956. The first-order valence-electron chi connectivity index (χ1n) is 7.33. The van der Waals surface area contributed by atoms with Gasteiger partial charge < -0.3 is 5.11 Å². The number of aliphatic hydroxyl groups excluding tert-OH is 1. The normalized spacial score (nSPS) is 23.2. The van der Waals surface area contributed by atoms with Crippen molar-refractivity contribution in [3.8, 4) is 0 Å². The molecule has 0 amide bonds. The maximum atomic E-state index is 12.3. The van der Waals surface area contributed by atoms with Crippen molar-refractivity contribution in [2.45, 2.75) is 44.1 Å². The first-order valence-corrected chi connectivity index (χ1v) is 9.19. The molecule has 0 radical (unpaired) electrons. The third-order valence-electron chi connectivity index (χ3n) is 4.32. The minimum Gasteiger partial charge on any atom is -0.392 e. The standard InChI is InChI=1S/C15H22ClNO3S/c1-11-4-2-3-5-12(11)9-17-21(19,20)14-6-7-15(16)13(8-14)10-18/h6-8,11-12,17-18H,2-5,9-10H2,1H3. The molecule has 1 saturated carbocycles. The van der Waals surface area contributed by atoms with Crippen LogP contribution in [0.15, 0.2) is 23.1 Å². The van der Waals surface area contributed by atoms with Crippen LogP contribution in [0.25, 0.3) is 0 Å². The van der Waals surface area contributed by atoms with Crippen molar-refractivity contribution in [3.05, 3.63) is 28.8 Å². The van der Waals surface area contributed by atoms with Crippen LogP contribution in [0.3, 0.4) is 0 Å². The molecule has 2 N–H and O–H groups in total. The van der Waals surface area contributed by atoms with E-state index in [0.717, 1.165) is 6.42 Å². The van der Waals surface area contributed by atoms with E-state index < -0.39 is 10.0 Å². The predicted octanol–water partition coefficient (Wildman–Crippen LogP) is 2.94. The lowest BCUT2D eigenvalue weighted by Crippen LogP contribution is -2.33. The van der Waals surface area contributed by atoms with Crippen molar-refractivity contribution in [2.75, 3.05) is 6.54 Å². The van der Waals surface area contributed by atoms with Gasteiger partial charge in [-0.05, 0) is 42.0 Å². The molecule has 6 heteroatoms. The largest absolute Gasteiger partial charge is 0.392 e. The summed E-state index contributed by atoms with van der Waals surface area (Å²) >= 11 is 5.89. The van der Waals surface area contributed by atoms with Gasteiger partial charge in [0, 0.05) is 11.6 Å². The van der Waals surface area contributed by atoms with Gasteiger partial charge in [0.05, 0.1) is 11.5 Å². The zero-order valence-corrected chi connectivity index (χ0v) is 13.8. The maximum absolute atomic E-state index is 12.3. The quantitative estimate of drug-likeness (QED) is 0.871. The van der Waals surface area contributed by atoms with E-state index in [4.69, 9.17) is 11.6 Å². The van der Waals surface area contributed by atoms with Gasteiger partial charge in [-0.1, -0.05) is 37.8 Å². The smallest absolute Gasteiger partial charge is 0.240 e. The number of benzene rings is 1. The lowest BCUT2D eigenvalue weighted by atomic mass is 9.81. The van der Waals surface area contributed by atoms with E-state index in [1.807, 2.05) is 0 Å². The molecule has 0 saturated heterocycles. The van der Waals surface area contributed by atoms with Gasteiger partial charge in [-0.2, -0.15) is 0 Å². The summed E-state index contributed by atoms with van der Waals surface area (Å²) in [4.78, 5) is 0.152. The molecular weight excluding hydrogens is 310 g/mol. The molecule has 1 fully saturated rings. The average Bonchev–Trinajstić information content (AvgIpc) is 2.46. The van der Waals surface area contributed by atoms with Gasteiger partial charge in [0.2, 0.25) is 10.0 Å². The topological polar surface area (TPSA) is 66.4 Å². The van der Waals surface area contributed by atoms with Crippen LogP contribution in [-0.2, 0) is 16.6 Å². The number of halogens is 1. The summed E-state index contributed by atoms with van der Waals surface area (Å²) in [5, 5.41) is 9.55. The van der Waals surface area contributed by atoms with Gasteiger partial charge in [0.1, 0.15) is 0 Å². The van der Waals surface area contributed by atoms with Crippen molar-refractivity contribution in [2.24, 2.45) is 11.8 Å². The molecule has 2 rings (SSSR count). The average molecular weight is 332 g/mol. The summed E-state index contributed by atoms with van der Waals surface area (Å²) in [6.07, 6.45) is 4.65. The number of hydrogen-bond donors (Lipinski definition) is 2. The molecule has 21 heavy (non-hydrogen) atoms. The first-order chi connectivity index (χ1) is 9.94. The van der Waals surface area contributed by atoms with Gasteiger partial charge in [0.25, 0.3) is 0 Å². The zero-order valence-electron chi connectivity index (χ0n) is 12.2. The molecule has 1 aromatic carbocycles. The highest BCUT2D eigenvalue weighted by Crippen LogP contribution is 2.29. The summed E-state index contributed by atoms with van der Waals surface area (Å²) in [7, 11) is -3.55. The molecular formula is C15H22ClNO3S. The molecule has 1 aliphatic rings. The molecule has 0 aromatic heterocycles. The SMILES string of the molecule is CC1CCCCC1CNS(=O)(=O)c1ccc(Cl)c(CO)c1. The Morgan fingerprint density at radius 3 is 2.71 bits per heavy atom. The van der Waals surface area contributed by atoms with Gasteiger partial charge in [-0.3, -0.25) is 0 Å². The highest BCUT2D eigenvalue weighted by atomic mass is 35.5. The van der Waals surface area contributed by atoms with E-state index in [0.29, 0.717) is 29.0 Å². The zero-order chi connectivity index (χ0) is 15.5. The van der Waals surface area contributed by atoms with E-state index in [1.165, 1.54) is 37.5 Å². The predicted molar refractivity (Wildman–Crippen MR) is 83.7 cm³/mol. The summed E-state index contributed by atoms with van der Waals surface area (Å²) in [6.45, 7) is 2.38. The lowest BCUT2D eigenvalue weighted by Gasteiger charge is -2.28. The van der Waals surface area contributed by atoms with Crippen LogP contribution in [0.4, 0.5) is 0 Å². The Labute approximate surface area is 131 Å². The molecule has 1 aliphatic carbocycles. The molecule has 2 atom stereocenters. The first kappa shape index (κ1) is 16.7. The molecule has 0 aliphatic heterocycles. The van der Waals surface area contributed by atoms with Crippen LogP contribution < -0.4 is 4.72 Å². The summed E-state index contributed by atoms with van der Waals surface area (Å²) in [6, 6.07) is 4.40. The number of nitrogens with one attached hydrogen (secondary N) is 1. The molecule has 118 valence electrons. The minimum atomic E-state index is -3.55. The van der Waals surface area contributed by atoms with E-state index in [1.54, 1.807) is 0 Å². The highest BCUT2D eigenvalue weighted by Gasteiger charge is 2.24. The second-order valence-electron chi connectivity index (χ2n) is 5.79. The Morgan fingerprint density at radius 1 is 1.33 bits per heavy atom. The third kappa shape index (κ3) is 4.19. The second-order valence-corrected chi connectivity index (χ2v) is 7.96. The number of rotatable bonds is 5. The summed E-state index contributed by atoms with van der Waals surface area (Å²) in [5.41, 5.74) is 0.422.